The van der Waals surface area contributed by atoms with Crippen LogP contribution in [0.2, 0.25) is 0 Å². The molecule has 0 radical (unpaired) electrons. The molecule has 126 valence electrons. The van der Waals surface area contributed by atoms with Gasteiger partial charge in [-0.1, -0.05) is 0 Å². The van der Waals surface area contributed by atoms with Crippen LogP contribution in [0.5, 0.6) is 0 Å². The molecule has 0 aliphatic carbocycles. The smallest absolute Gasteiger partial charge is 0.317 e. The summed E-state index contributed by atoms with van der Waals surface area (Å²) in [5.74, 6) is 0.245. The SMILES string of the molecule is O=C(NC1CCS(=O)(=O)C1)N1CCN(C(=O)c2ccco2)CC1. The predicted octanol–water partition coefficient (Wildman–Crippen LogP) is -0.0659. The second-order valence-corrected chi connectivity index (χ2v) is 8.03. The number of sulfone groups is 1. The summed E-state index contributed by atoms with van der Waals surface area (Å²) in [6.07, 6.45) is 1.91. The van der Waals surface area contributed by atoms with Crippen molar-refractivity contribution < 1.29 is 22.4 Å². The first-order chi connectivity index (χ1) is 10.9. The highest BCUT2D eigenvalue weighted by molar-refractivity contribution is 7.91. The van der Waals surface area contributed by atoms with Crippen molar-refractivity contribution in [3.8, 4) is 0 Å². The van der Waals surface area contributed by atoms with Crippen molar-refractivity contribution in [1.29, 1.82) is 0 Å². The largest absolute Gasteiger partial charge is 0.459 e. The van der Waals surface area contributed by atoms with E-state index in [1.807, 2.05) is 0 Å². The number of nitrogens with zero attached hydrogens (tertiary/aromatic N) is 2. The van der Waals surface area contributed by atoms with Crippen LogP contribution in [0.3, 0.4) is 0 Å². The molecule has 0 spiro atoms. The summed E-state index contributed by atoms with van der Waals surface area (Å²) < 4.78 is 27.9. The van der Waals surface area contributed by atoms with Gasteiger partial charge in [0.1, 0.15) is 0 Å². The topological polar surface area (TPSA) is 99.9 Å². The lowest BCUT2D eigenvalue weighted by Crippen LogP contribution is -2.54. The summed E-state index contributed by atoms with van der Waals surface area (Å²) in [5, 5.41) is 2.76. The molecular formula is C14H19N3O5S. The Balaban J connectivity index is 1.49. The Morgan fingerprint density at radius 3 is 2.43 bits per heavy atom. The number of piperazine rings is 1. The molecule has 9 heteroatoms. The summed E-state index contributed by atoms with van der Waals surface area (Å²) in [6, 6.07) is 2.70. The van der Waals surface area contributed by atoms with Gasteiger partial charge < -0.3 is 19.5 Å². The normalized spacial score (nSPS) is 23.7. The van der Waals surface area contributed by atoms with Crippen molar-refractivity contribution in [3.63, 3.8) is 0 Å². The number of hydrogen-bond donors (Lipinski definition) is 1. The Morgan fingerprint density at radius 2 is 1.87 bits per heavy atom. The van der Waals surface area contributed by atoms with Crippen molar-refractivity contribution >= 4 is 21.8 Å². The van der Waals surface area contributed by atoms with Gasteiger partial charge in [0.05, 0.1) is 17.8 Å². The Kier molecular flexibility index (Phi) is 4.29. The third-order valence-electron chi connectivity index (χ3n) is 4.15. The zero-order valence-corrected chi connectivity index (χ0v) is 13.4. The Labute approximate surface area is 134 Å². The highest BCUT2D eigenvalue weighted by Gasteiger charge is 2.31. The van der Waals surface area contributed by atoms with Gasteiger partial charge >= 0.3 is 6.03 Å². The van der Waals surface area contributed by atoms with Gasteiger partial charge in [-0.2, -0.15) is 0 Å². The average Bonchev–Trinajstić information content (AvgIpc) is 3.16. The maximum absolute atomic E-state index is 12.2. The monoisotopic (exact) mass is 341 g/mol. The average molecular weight is 341 g/mol. The van der Waals surface area contributed by atoms with Gasteiger partial charge in [-0.05, 0) is 18.6 Å². The Hall–Kier alpha value is -2.03. The van der Waals surface area contributed by atoms with Crippen LogP contribution in [0.1, 0.15) is 17.0 Å². The second-order valence-electron chi connectivity index (χ2n) is 5.81. The van der Waals surface area contributed by atoms with Crippen LogP contribution in [-0.2, 0) is 9.84 Å². The molecule has 1 aromatic rings. The maximum atomic E-state index is 12.2. The van der Waals surface area contributed by atoms with Crippen molar-refractivity contribution in [2.75, 3.05) is 37.7 Å². The van der Waals surface area contributed by atoms with Gasteiger partial charge in [0.25, 0.3) is 5.91 Å². The lowest BCUT2D eigenvalue weighted by Gasteiger charge is -2.34. The van der Waals surface area contributed by atoms with E-state index in [1.54, 1.807) is 21.9 Å². The quantitative estimate of drug-likeness (QED) is 0.812. The number of carbonyl (C=O) groups is 2. The Morgan fingerprint density at radius 1 is 1.17 bits per heavy atom. The molecule has 1 aromatic heterocycles. The van der Waals surface area contributed by atoms with Gasteiger partial charge in [-0.3, -0.25) is 4.79 Å². The minimum atomic E-state index is -3.01. The molecule has 0 aromatic carbocycles. The van der Waals surface area contributed by atoms with Gasteiger partial charge in [-0.15, -0.1) is 0 Å². The van der Waals surface area contributed by atoms with Crippen molar-refractivity contribution in [2.45, 2.75) is 12.5 Å². The van der Waals surface area contributed by atoms with E-state index < -0.39 is 9.84 Å². The van der Waals surface area contributed by atoms with Crippen LogP contribution < -0.4 is 5.32 Å². The number of amides is 3. The molecule has 23 heavy (non-hydrogen) atoms. The van der Waals surface area contributed by atoms with Crippen molar-refractivity contribution in [1.82, 2.24) is 15.1 Å². The van der Waals surface area contributed by atoms with E-state index in [1.165, 1.54) is 6.26 Å². The minimum Gasteiger partial charge on any atom is -0.459 e. The van der Waals surface area contributed by atoms with Gasteiger partial charge in [0.15, 0.2) is 15.6 Å². The summed E-state index contributed by atoms with van der Waals surface area (Å²) in [4.78, 5) is 27.6. The first kappa shape index (κ1) is 15.9. The van der Waals surface area contributed by atoms with Crippen molar-refractivity contribution in [3.05, 3.63) is 24.2 Å². The number of rotatable bonds is 2. The van der Waals surface area contributed by atoms with E-state index >= 15 is 0 Å². The summed E-state index contributed by atoms with van der Waals surface area (Å²) in [5.41, 5.74) is 0. The highest BCUT2D eigenvalue weighted by atomic mass is 32.2. The van der Waals surface area contributed by atoms with Crippen molar-refractivity contribution in [2.24, 2.45) is 0 Å². The standard InChI is InChI=1S/C14H19N3O5S/c18-13(12-2-1-8-22-12)16-4-6-17(7-5-16)14(19)15-11-3-9-23(20,21)10-11/h1-2,8,11H,3-7,9-10H2,(H,15,19). The van der Waals surface area contributed by atoms with E-state index in [4.69, 9.17) is 4.42 Å². The molecule has 2 saturated heterocycles. The third-order valence-corrected chi connectivity index (χ3v) is 5.91. The zero-order chi connectivity index (χ0) is 16.4. The molecule has 1 atom stereocenters. The van der Waals surface area contributed by atoms with Crippen LogP contribution in [0.4, 0.5) is 4.79 Å². The molecule has 1 N–H and O–H groups in total. The fourth-order valence-electron chi connectivity index (χ4n) is 2.84. The first-order valence-corrected chi connectivity index (χ1v) is 9.35. The molecule has 2 aliphatic rings. The fraction of sp³-hybridized carbons (Fsp3) is 0.571. The van der Waals surface area contributed by atoms with E-state index in [0.29, 0.717) is 38.4 Å². The van der Waals surface area contributed by atoms with Crippen LogP contribution in [0, 0.1) is 0 Å². The molecular weight excluding hydrogens is 322 g/mol. The fourth-order valence-corrected chi connectivity index (χ4v) is 4.52. The lowest BCUT2D eigenvalue weighted by molar-refractivity contribution is 0.0633. The zero-order valence-electron chi connectivity index (χ0n) is 12.6. The molecule has 8 nitrogen and oxygen atoms in total. The number of carbonyl (C=O) groups excluding carboxylic acids is 2. The van der Waals surface area contributed by atoms with E-state index in [-0.39, 0.29) is 29.5 Å². The first-order valence-electron chi connectivity index (χ1n) is 7.53. The summed E-state index contributed by atoms with van der Waals surface area (Å²) >= 11 is 0. The number of hydrogen-bond acceptors (Lipinski definition) is 5. The predicted molar refractivity (Wildman–Crippen MR) is 81.8 cm³/mol. The Bertz CT molecular complexity index is 677. The van der Waals surface area contributed by atoms with Crippen LogP contribution in [0.15, 0.2) is 22.8 Å². The molecule has 1 unspecified atom stereocenters. The highest BCUT2D eigenvalue weighted by Crippen LogP contribution is 2.13. The number of furan rings is 1. The third kappa shape index (κ3) is 3.66. The molecule has 0 saturated carbocycles. The molecule has 3 amide bonds. The molecule has 0 bridgehead atoms. The maximum Gasteiger partial charge on any atom is 0.317 e. The molecule has 2 fully saturated rings. The van der Waals surface area contributed by atoms with E-state index in [0.717, 1.165) is 0 Å². The van der Waals surface area contributed by atoms with Crippen LogP contribution in [-0.4, -0.2) is 73.9 Å². The second kappa shape index (κ2) is 6.23. The van der Waals surface area contributed by atoms with Gasteiger partial charge in [0.2, 0.25) is 0 Å². The molecule has 2 aliphatic heterocycles. The number of urea groups is 1. The summed E-state index contributed by atoms with van der Waals surface area (Å²) in [6.45, 7) is 1.68. The van der Waals surface area contributed by atoms with E-state index in [2.05, 4.69) is 5.32 Å². The van der Waals surface area contributed by atoms with Gasteiger partial charge in [0, 0.05) is 32.2 Å². The van der Waals surface area contributed by atoms with Crippen LogP contribution >= 0.6 is 0 Å². The summed E-state index contributed by atoms with van der Waals surface area (Å²) in [7, 11) is -3.01. The lowest BCUT2D eigenvalue weighted by atomic mass is 10.2. The molecule has 3 rings (SSSR count). The molecule has 3 heterocycles. The minimum absolute atomic E-state index is 0.00961. The van der Waals surface area contributed by atoms with Gasteiger partial charge in [-0.25, -0.2) is 13.2 Å². The van der Waals surface area contributed by atoms with Crippen LogP contribution in [0.25, 0.3) is 0 Å². The van der Waals surface area contributed by atoms with E-state index in [9.17, 15) is 18.0 Å². The number of nitrogens with one attached hydrogen (secondary N) is 1.